The average molecular weight is 288 g/mol. The largest absolute Gasteiger partial charge is 0.324 e. The second kappa shape index (κ2) is 4.94. The quantitative estimate of drug-likeness (QED) is 0.561. The zero-order valence-electron chi connectivity index (χ0n) is 10.3. The van der Waals surface area contributed by atoms with Crippen LogP contribution in [0, 0.1) is 0 Å². The highest BCUT2D eigenvalue weighted by molar-refractivity contribution is 6.29. The van der Waals surface area contributed by atoms with E-state index in [1.165, 1.54) is 6.20 Å². The van der Waals surface area contributed by atoms with Crippen LogP contribution in [0.5, 0.6) is 0 Å². The molecule has 3 aromatic rings. The molecule has 0 radical (unpaired) electrons. The van der Waals surface area contributed by atoms with E-state index in [1.807, 2.05) is 12.1 Å². The first-order valence-electron chi connectivity index (χ1n) is 5.95. The Hall–Kier alpha value is -2.40. The lowest BCUT2D eigenvalue weighted by Crippen LogP contribution is -2.13. The monoisotopic (exact) mass is 287 g/mol. The molecular weight excluding hydrogens is 278 g/mol. The lowest BCUT2D eigenvalue weighted by Gasteiger charge is -2.06. The lowest BCUT2D eigenvalue weighted by atomic mass is 10.1. The molecule has 0 aliphatic carbocycles. The molecule has 1 aromatic carbocycles. The zero-order valence-corrected chi connectivity index (χ0v) is 11.1. The van der Waals surface area contributed by atoms with Crippen LogP contribution >= 0.6 is 11.6 Å². The first kappa shape index (κ1) is 12.6. The normalized spacial score (nSPS) is 10.8. The summed E-state index contributed by atoms with van der Waals surface area (Å²) in [5.41, 5.74) is 1.56. The molecule has 6 heteroatoms. The number of anilines is 1. The van der Waals surface area contributed by atoms with Crippen LogP contribution < -0.4 is 10.9 Å². The minimum Gasteiger partial charge on any atom is -0.324 e. The van der Waals surface area contributed by atoms with Crippen molar-refractivity contribution in [1.82, 2.24) is 9.97 Å². The number of hydrogen-bond acceptors (Lipinski definition) is 3. The van der Waals surface area contributed by atoms with Gasteiger partial charge in [0, 0.05) is 10.8 Å². The van der Waals surface area contributed by atoms with Crippen molar-refractivity contribution in [3.63, 3.8) is 0 Å². The molecule has 0 atom stereocenters. The molecule has 1 amide bonds. The van der Waals surface area contributed by atoms with Gasteiger partial charge < -0.3 is 10.3 Å². The zero-order chi connectivity index (χ0) is 14.1. The second-order valence-electron chi connectivity index (χ2n) is 4.30. The van der Waals surface area contributed by atoms with Crippen molar-refractivity contribution < 1.29 is 4.79 Å². The van der Waals surface area contributed by atoms with E-state index in [-0.39, 0.29) is 17.3 Å². The smallest absolute Gasteiger partial charge is 0.256 e. The van der Waals surface area contributed by atoms with Gasteiger partial charge in [0.15, 0.2) is 0 Å². The maximum absolute atomic E-state index is 12.0. The van der Waals surface area contributed by atoms with Crippen molar-refractivity contribution in [3.05, 3.63) is 46.9 Å². The first-order chi connectivity index (χ1) is 9.69. The van der Waals surface area contributed by atoms with Gasteiger partial charge in [0.05, 0.1) is 22.9 Å². The summed E-state index contributed by atoms with van der Waals surface area (Å²) in [7, 11) is 0. The summed E-state index contributed by atoms with van der Waals surface area (Å²) >= 11 is 5.43. The number of aromatic amines is 1. The number of alkyl halides is 1. The highest BCUT2D eigenvalue weighted by Gasteiger charge is 2.07. The highest BCUT2D eigenvalue weighted by Crippen LogP contribution is 2.21. The number of nitrogens with one attached hydrogen (secondary N) is 2. The molecule has 20 heavy (non-hydrogen) atoms. The SMILES string of the molecule is O=C(CCl)Nc1cnc2c(c1)[nH]c(=O)c1ccccc12. The van der Waals surface area contributed by atoms with E-state index in [9.17, 15) is 9.59 Å². The van der Waals surface area contributed by atoms with Gasteiger partial charge in [-0.15, -0.1) is 11.6 Å². The summed E-state index contributed by atoms with van der Waals surface area (Å²) in [6, 6.07) is 8.92. The van der Waals surface area contributed by atoms with E-state index >= 15 is 0 Å². The number of nitrogens with zero attached hydrogens (tertiary/aromatic N) is 1. The summed E-state index contributed by atoms with van der Waals surface area (Å²) in [6.07, 6.45) is 1.54. The predicted octanol–water partition coefficient (Wildman–Crippen LogP) is 2.25. The fourth-order valence-corrected chi connectivity index (χ4v) is 2.18. The number of H-pyrrole nitrogens is 1. The molecule has 0 saturated heterocycles. The summed E-state index contributed by atoms with van der Waals surface area (Å²) in [5.74, 6) is -0.456. The van der Waals surface area contributed by atoms with Crippen LogP contribution in [-0.2, 0) is 4.79 Å². The number of carbonyl (C=O) groups excluding carboxylic acids is 1. The summed E-state index contributed by atoms with van der Waals surface area (Å²) < 4.78 is 0. The van der Waals surface area contributed by atoms with Gasteiger partial charge in [0.1, 0.15) is 5.88 Å². The Labute approximate surface area is 118 Å². The van der Waals surface area contributed by atoms with Gasteiger partial charge in [-0.05, 0) is 12.1 Å². The molecule has 2 N–H and O–H groups in total. The summed E-state index contributed by atoms with van der Waals surface area (Å²) in [6.45, 7) is 0. The second-order valence-corrected chi connectivity index (χ2v) is 4.57. The fraction of sp³-hybridized carbons (Fsp3) is 0.0714. The molecule has 3 rings (SSSR count). The van der Waals surface area contributed by atoms with Gasteiger partial charge in [-0.2, -0.15) is 0 Å². The Balaban J connectivity index is 2.23. The Morgan fingerprint density at radius 2 is 2.05 bits per heavy atom. The van der Waals surface area contributed by atoms with Crippen LogP contribution in [0.4, 0.5) is 5.69 Å². The average Bonchev–Trinajstić information content (AvgIpc) is 2.47. The Morgan fingerprint density at radius 1 is 1.30 bits per heavy atom. The molecule has 2 heterocycles. The molecular formula is C14H10ClN3O2. The summed E-state index contributed by atoms with van der Waals surface area (Å²) in [5, 5.41) is 3.96. The van der Waals surface area contributed by atoms with Crippen molar-refractivity contribution >= 4 is 45.0 Å². The van der Waals surface area contributed by atoms with E-state index in [4.69, 9.17) is 11.6 Å². The van der Waals surface area contributed by atoms with Crippen LogP contribution in [0.15, 0.2) is 41.3 Å². The fourth-order valence-electron chi connectivity index (χ4n) is 2.11. The minimum absolute atomic E-state index is 0.133. The molecule has 5 nitrogen and oxygen atoms in total. The minimum atomic E-state index is -0.323. The predicted molar refractivity (Wildman–Crippen MR) is 79.2 cm³/mol. The number of pyridine rings is 2. The van der Waals surface area contributed by atoms with Gasteiger partial charge >= 0.3 is 0 Å². The third-order valence-electron chi connectivity index (χ3n) is 2.97. The van der Waals surface area contributed by atoms with Crippen LogP contribution in [0.2, 0.25) is 0 Å². The van der Waals surface area contributed by atoms with E-state index in [0.29, 0.717) is 22.1 Å². The number of benzene rings is 1. The number of hydrogen-bond donors (Lipinski definition) is 2. The molecule has 2 aromatic heterocycles. The third-order valence-corrected chi connectivity index (χ3v) is 3.21. The van der Waals surface area contributed by atoms with Crippen LogP contribution in [0.25, 0.3) is 21.8 Å². The maximum atomic E-state index is 12.0. The van der Waals surface area contributed by atoms with Crippen LogP contribution in [0.3, 0.4) is 0 Å². The first-order valence-corrected chi connectivity index (χ1v) is 6.49. The maximum Gasteiger partial charge on any atom is 0.256 e. The van der Waals surface area contributed by atoms with Gasteiger partial charge in [-0.25, -0.2) is 0 Å². The van der Waals surface area contributed by atoms with Crippen molar-refractivity contribution in [1.29, 1.82) is 0 Å². The number of rotatable bonds is 2. The molecule has 0 saturated carbocycles. The van der Waals surface area contributed by atoms with Gasteiger partial charge in [0.25, 0.3) is 5.56 Å². The molecule has 100 valence electrons. The molecule has 0 aliphatic rings. The lowest BCUT2D eigenvalue weighted by molar-refractivity contribution is -0.113. The number of fused-ring (bicyclic) bond motifs is 3. The van der Waals surface area contributed by atoms with Gasteiger partial charge in [0.2, 0.25) is 5.91 Å². The molecule has 0 fully saturated rings. The highest BCUT2D eigenvalue weighted by atomic mass is 35.5. The Morgan fingerprint density at radius 3 is 2.80 bits per heavy atom. The Bertz CT molecular complexity index is 873. The molecule has 0 spiro atoms. The number of halogens is 1. The Kier molecular flexibility index (Phi) is 3.12. The van der Waals surface area contributed by atoms with E-state index in [0.717, 1.165) is 5.39 Å². The number of amides is 1. The molecule has 0 bridgehead atoms. The van der Waals surface area contributed by atoms with Gasteiger partial charge in [-0.1, -0.05) is 18.2 Å². The van der Waals surface area contributed by atoms with Gasteiger partial charge in [-0.3, -0.25) is 14.6 Å². The summed E-state index contributed by atoms with van der Waals surface area (Å²) in [4.78, 5) is 30.3. The van der Waals surface area contributed by atoms with Crippen molar-refractivity contribution in [2.24, 2.45) is 0 Å². The topological polar surface area (TPSA) is 74.8 Å². The van der Waals surface area contributed by atoms with E-state index < -0.39 is 0 Å². The molecule has 0 aliphatic heterocycles. The number of aromatic nitrogens is 2. The third kappa shape index (κ3) is 2.12. The molecule has 0 unspecified atom stereocenters. The van der Waals surface area contributed by atoms with Crippen LogP contribution in [-0.4, -0.2) is 21.8 Å². The van der Waals surface area contributed by atoms with Crippen molar-refractivity contribution in [2.75, 3.05) is 11.2 Å². The van der Waals surface area contributed by atoms with E-state index in [2.05, 4.69) is 15.3 Å². The van der Waals surface area contributed by atoms with Crippen molar-refractivity contribution in [2.45, 2.75) is 0 Å². The number of carbonyl (C=O) groups is 1. The van der Waals surface area contributed by atoms with Crippen LogP contribution in [0.1, 0.15) is 0 Å². The van der Waals surface area contributed by atoms with Crippen molar-refractivity contribution in [3.8, 4) is 0 Å². The standard InChI is InChI=1S/C14H10ClN3O2/c15-6-12(19)17-8-5-11-13(16-7-8)9-3-1-2-4-10(9)14(20)18-11/h1-5,7H,6H2,(H,17,19)(H,18,20). The van der Waals surface area contributed by atoms with E-state index in [1.54, 1.807) is 18.2 Å².